The first kappa shape index (κ1) is 16.5. The zero-order chi connectivity index (χ0) is 16.1. The molecule has 0 spiro atoms. The number of pyridine rings is 1. The molecule has 124 valence electrons. The molecule has 3 rings (SSSR count). The van der Waals surface area contributed by atoms with E-state index in [1.807, 2.05) is 23.9 Å². The van der Waals surface area contributed by atoms with Crippen LogP contribution in [0.15, 0.2) is 52.2 Å². The number of piperidine rings is 1. The summed E-state index contributed by atoms with van der Waals surface area (Å²) in [4.78, 5) is 4.19. The maximum atomic E-state index is 12.5. The predicted molar refractivity (Wildman–Crippen MR) is 90.6 cm³/mol. The molecule has 2 aromatic rings. The summed E-state index contributed by atoms with van der Waals surface area (Å²) in [7, 11) is -3.39. The summed E-state index contributed by atoms with van der Waals surface area (Å²) >= 11 is 1.85. The van der Waals surface area contributed by atoms with E-state index >= 15 is 0 Å². The van der Waals surface area contributed by atoms with E-state index in [1.165, 1.54) is 6.20 Å². The summed E-state index contributed by atoms with van der Waals surface area (Å²) in [5, 5.41) is 0. The number of sulfonamides is 1. The monoisotopic (exact) mass is 352 g/mol. The molecule has 0 N–H and O–H groups in total. The molecule has 3 heterocycles. The molecular weight excluding hydrogens is 332 g/mol. The van der Waals surface area contributed by atoms with Gasteiger partial charge in [0.2, 0.25) is 10.0 Å². The van der Waals surface area contributed by atoms with Crippen LogP contribution in [-0.4, -0.2) is 36.5 Å². The van der Waals surface area contributed by atoms with Gasteiger partial charge in [-0.3, -0.25) is 4.98 Å². The van der Waals surface area contributed by atoms with E-state index in [0.717, 1.165) is 30.1 Å². The minimum Gasteiger partial charge on any atom is -0.468 e. The largest absolute Gasteiger partial charge is 0.468 e. The first-order chi connectivity index (χ1) is 11.2. The van der Waals surface area contributed by atoms with Crippen LogP contribution in [0.25, 0.3) is 0 Å². The van der Waals surface area contributed by atoms with E-state index in [1.54, 1.807) is 28.9 Å². The molecule has 2 aromatic heterocycles. The van der Waals surface area contributed by atoms with Crippen LogP contribution in [0.5, 0.6) is 0 Å². The van der Waals surface area contributed by atoms with Gasteiger partial charge in [0.25, 0.3) is 0 Å². The summed E-state index contributed by atoms with van der Waals surface area (Å²) in [5.41, 5.74) is 0. The number of rotatable bonds is 6. The minimum absolute atomic E-state index is 0.283. The van der Waals surface area contributed by atoms with E-state index < -0.39 is 10.0 Å². The number of nitrogens with zero attached hydrogens (tertiary/aromatic N) is 2. The average molecular weight is 352 g/mol. The van der Waals surface area contributed by atoms with Crippen LogP contribution in [-0.2, 0) is 15.8 Å². The SMILES string of the molecule is O=S(=O)(c1cccnc1)N1CCC(CSCc2ccco2)CC1. The van der Waals surface area contributed by atoms with Crippen molar-refractivity contribution in [1.82, 2.24) is 9.29 Å². The van der Waals surface area contributed by atoms with Crippen LogP contribution in [0.3, 0.4) is 0 Å². The number of furan rings is 1. The Kier molecular flexibility index (Phi) is 5.40. The van der Waals surface area contributed by atoms with Gasteiger partial charge in [-0.2, -0.15) is 16.1 Å². The van der Waals surface area contributed by atoms with Crippen molar-refractivity contribution < 1.29 is 12.8 Å². The van der Waals surface area contributed by atoms with Crippen LogP contribution in [0.4, 0.5) is 0 Å². The number of hydrogen-bond donors (Lipinski definition) is 0. The molecule has 0 aromatic carbocycles. The highest BCUT2D eigenvalue weighted by molar-refractivity contribution is 7.98. The molecule has 0 radical (unpaired) electrons. The quantitative estimate of drug-likeness (QED) is 0.800. The van der Waals surface area contributed by atoms with Crippen molar-refractivity contribution in [3.05, 3.63) is 48.7 Å². The minimum atomic E-state index is -3.39. The summed E-state index contributed by atoms with van der Waals surface area (Å²) in [6, 6.07) is 7.15. The van der Waals surface area contributed by atoms with E-state index in [4.69, 9.17) is 4.42 Å². The third-order valence-corrected chi connectivity index (χ3v) is 7.10. The van der Waals surface area contributed by atoms with Crippen molar-refractivity contribution in [2.24, 2.45) is 5.92 Å². The molecule has 0 saturated carbocycles. The molecule has 5 nitrogen and oxygen atoms in total. The Hall–Kier alpha value is -1.31. The van der Waals surface area contributed by atoms with Crippen LogP contribution in [0, 0.1) is 5.92 Å². The molecule has 23 heavy (non-hydrogen) atoms. The van der Waals surface area contributed by atoms with E-state index in [9.17, 15) is 8.42 Å². The van der Waals surface area contributed by atoms with Gasteiger partial charge in [0, 0.05) is 25.5 Å². The number of aromatic nitrogens is 1. The Morgan fingerprint density at radius 1 is 1.26 bits per heavy atom. The van der Waals surface area contributed by atoms with Crippen molar-refractivity contribution in [1.29, 1.82) is 0 Å². The van der Waals surface area contributed by atoms with Gasteiger partial charge in [-0.05, 0) is 48.8 Å². The summed E-state index contributed by atoms with van der Waals surface area (Å²) in [6.07, 6.45) is 6.51. The zero-order valence-corrected chi connectivity index (χ0v) is 14.4. The van der Waals surface area contributed by atoms with Gasteiger partial charge < -0.3 is 4.42 Å². The molecule has 1 saturated heterocycles. The highest BCUT2D eigenvalue weighted by atomic mass is 32.2. The maximum Gasteiger partial charge on any atom is 0.244 e. The fourth-order valence-electron chi connectivity index (χ4n) is 2.69. The molecular formula is C16H20N2O3S2. The van der Waals surface area contributed by atoms with Gasteiger partial charge in [0.15, 0.2) is 0 Å². The third kappa shape index (κ3) is 4.16. The van der Waals surface area contributed by atoms with Crippen molar-refractivity contribution >= 4 is 21.8 Å². The second-order valence-electron chi connectivity index (χ2n) is 5.63. The highest BCUT2D eigenvalue weighted by Crippen LogP contribution is 2.27. The Labute approximate surface area is 141 Å². The Morgan fingerprint density at radius 3 is 2.74 bits per heavy atom. The maximum absolute atomic E-state index is 12.5. The predicted octanol–water partition coefficient (Wildman–Crippen LogP) is 3.01. The third-order valence-electron chi connectivity index (χ3n) is 4.02. The molecule has 7 heteroatoms. The lowest BCUT2D eigenvalue weighted by atomic mass is 10.0. The van der Waals surface area contributed by atoms with Gasteiger partial charge in [0.1, 0.15) is 10.7 Å². The van der Waals surface area contributed by atoms with Gasteiger partial charge in [-0.15, -0.1) is 0 Å². The first-order valence-electron chi connectivity index (χ1n) is 7.66. The molecule has 1 aliphatic heterocycles. The molecule has 1 fully saturated rings. The Balaban J connectivity index is 1.48. The van der Waals surface area contributed by atoms with E-state index in [2.05, 4.69) is 4.98 Å². The standard InChI is InChI=1S/C16H20N2O3S2/c19-23(20,16-4-1-7-17-11-16)18-8-5-14(6-9-18)12-22-13-15-3-2-10-21-15/h1-4,7,10-11,14H,5-6,8-9,12-13H2. The van der Waals surface area contributed by atoms with Crippen molar-refractivity contribution in [2.75, 3.05) is 18.8 Å². The van der Waals surface area contributed by atoms with E-state index in [-0.39, 0.29) is 4.90 Å². The van der Waals surface area contributed by atoms with Crippen molar-refractivity contribution in [3.8, 4) is 0 Å². The molecule has 0 bridgehead atoms. The second kappa shape index (κ2) is 7.51. The normalized spacial score (nSPS) is 17.4. The number of thioether (sulfide) groups is 1. The average Bonchev–Trinajstić information content (AvgIpc) is 3.10. The first-order valence-corrected chi connectivity index (χ1v) is 10.3. The van der Waals surface area contributed by atoms with Crippen LogP contribution >= 0.6 is 11.8 Å². The zero-order valence-electron chi connectivity index (χ0n) is 12.8. The fraction of sp³-hybridized carbons (Fsp3) is 0.438. The van der Waals surface area contributed by atoms with E-state index in [0.29, 0.717) is 19.0 Å². The molecule has 0 aliphatic carbocycles. The highest BCUT2D eigenvalue weighted by Gasteiger charge is 2.29. The summed E-state index contributed by atoms with van der Waals surface area (Å²) in [5.74, 6) is 3.48. The van der Waals surface area contributed by atoms with Crippen molar-refractivity contribution in [2.45, 2.75) is 23.5 Å². The Bertz CT molecular complexity index is 694. The van der Waals surface area contributed by atoms with Crippen LogP contribution in [0.1, 0.15) is 18.6 Å². The van der Waals surface area contributed by atoms with Crippen LogP contribution < -0.4 is 0 Å². The fourth-order valence-corrected chi connectivity index (χ4v) is 5.27. The van der Waals surface area contributed by atoms with Gasteiger partial charge in [0.05, 0.1) is 12.0 Å². The lowest BCUT2D eigenvalue weighted by Gasteiger charge is -2.30. The molecule has 0 amide bonds. The Morgan fingerprint density at radius 2 is 2.09 bits per heavy atom. The summed E-state index contributed by atoms with van der Waals surface area (Å²) < 4.78 is 32.0. The van der Waals surface area contributed by atoms with Gasteiger partial charge in [-0.25, -0.2) is 8.42 Å². The van der Waals surface area contributed by atoms with Gasteiger partial charge in [-0.1, -0.05) is 0 Å². The summed E-state index contributed by atoms with van der Waals surface area (Å²) in [6.45, 7) is 1.17. The molecule has 0 atom stereocenters. The lowest BCUT2D eigenvalue weighted by Crippen LogP contribution is -2.38. The molecule has 0 unspecified atom stereocenters. The van der Waals surface area contributed by atoms with Crippen molar-refractivity contribution in [3.63, 3.8) is 0 Å². The lowest BCUT2D eigenvalue weighted by molar-refractivity contribution is 0.291. The second-order valence-corrected chi connectivity index (χ2v) is 8.60. The van der Waals surface area contributed by atoms with Gasteiger partial charge >= 0.3 is 0 Å². The smallest absolute Gasteiger partial charge is 0.244 e. The van der Waals surface area contributed by atoms with Crippen LogP contribution in [0.2, 0.25) is 0 Å². The molecule has 1 aliphatic rings. The topological polar surface area (TPSA) is 63.4 Å². The number of hydrogen-bond acceptors (Lipinski definition) is 5.